The Bertz CT molecular complexity index is 1040. The van der Waals surface area contributed by atoms with Crippen LogP contribution in [0.15, 0.2) is 59.2 Å². The lowest BCUT2D eigenvalue weighted by atomic mass is 9.85. The van der Waals surface area contributed by atoms with E-state index in [0.29, 0.717) is 5.69 Å². The predicted molar refractivity (Wildman–Crippen MR) is 103 cm³/mol. The Hall–Kier alpha value is -2.91. The SMILES string of the molecule is N#C[C@@H]1[C@@H]2C(=O)N(c3ccc(Br)cc3)C(=O)[C@@H]2C2c3ccccc3C=CN21. The number of hydrogen-bond donors (Lipinski definition) is 0. The summed E-state index contributed by atoms with van der Waals surface area (Å²) in [7, 11) is 0. The molecule has 1 unspecified atom stereocenters. The Balaban J connectivity index is 1.63. The largest absolute Gasteiger partial charge is 0.353 e. The lowest BCUT2D eigenvalue weighted by Crippen LogP contribution is -2.40. The van der Waals surface area contributed by atoms with Crippen molar-refractivity contribution in [2.45, 2.75) is 12.1 Å². The van der Waals surface area contributed by atoms with E-state index in [1.165, 1.54) is 4.90 Å². The molecule has 2 amide bonds. The molecule has 5 rings (SSSR count). The molecule has 5 nitrogen and oxygen atoms in total. The van der Waals surface area contributed by atoms with E-state index in [2.05, 4.69) is 22.0 Å². The molecule has 0 saturated carbocycles. The number of benzene rings is 2. The second-order valence-corrected chi connectivity index (χ2v) is 7.87. The highest BCUT2D eigenvalue weighted by atomic mass is 79.9. The number of amides is 2. The summed E-state index contributed by atoms with van der Waals surface area (Å²) in [6.07, 6.45) is 3.79. The third kappa shape index (κ3) is 2.15. The number of nitriles is 1. The normalized spacial score (nSPS) is 28.0. The van der Waals surface area contributed by atoms with Crippen molar-refractivity contribution in [1.29, 1.82) is 5.26 Å². The predicted octanol–water partition coefficient (Wildman–Crippen LogP) is 3.49. The van der Waals surface area contributed by atoms with Gasteiger partial charge in [-0.3, -0.25) is 9.59 Å². The maximum absolute atomic E-state index is 13.3. The smallest absolute Gasteiger partial charge is 0.240 e. The Morgan fingerprint density at radius 1 is 0.963 bits per heavy atom. The highest BCUT2D eigenvalue weighted by Gasteiger charge is 2.63. The zero-order valence-corrected chi connectivity index (χ0v) is 15.7. The average Bonchev–Trinajstić information content (AvgIpc) is 3.15. The number of imide groups is 1. The van der Waals surface area contributed by atoms with Gasteiger partial charge >= 0.3 is 0 Å². The molecule has 4 atom stereocenters. The minimum Gasteiger partial charge on any atom is -0.353 e. The van der Waals surface area contributed by atoms with Gasteiger partial charge in [-0.25, -0.2) is 4.90 Å². The zero-order valence-electron chi connectivity index (χ0n) is 14.1. The molecule has 27 heavy (non-hydrogen) atoms. The molecule has 6 heteroatoms. The summed E-state index contributed by atoms with van der Waals surface area (Å²) >= 11 is 3.37. The van der Waals surface area contributed by atoms with E-state index in [1.807, 2.05) is 41.4 Å². The van der Waals surface area contributed by atoms with E-state index < -0.39 is 17.9 Å². The van der Waals surface area contributed by atoms with Crippen LogP contribution in [0.25, 0.3) is 6.08 Å². The summed E-state index contributed by atoms with van der Waals surface area (Å²) in [6.45, 7) is 0. The van der Waals surface area contributed by atoms with Gasteiger partial charge in [0.1, 0.15) is 6.04 Å². The van der Waals surface area contributed by atoms with Crippen LogP contribution in [0.2, 0.25) is 0 Å². The Labute approximate surface area is 164 Å². The Morgan fingerprint density at radius 2 is 1.67 bits per heavy atom. The van der Waals surface area contributed by atoms with Crippen molar-refractivity contribution >= 4 is 39.5 Å². The van der Waals surface area contributed by atoms with Crippen molar-refractivity contribution in [3.63, 3.8) is 0 Å². The molecule has 0 radical (unpaired) electrons. The second kappa shape index (κ2) is 5.80. The van der Waals surface area contributed by atoms with E-state index in [9.17, 15) is 14.9 Å². The van der Waals surface area contributed by atoms with Gasteiger partial charge in [0.05, 0.1) is 29.6 Å². The van der Waals surface area contributed by atoms with Crippen molar-refractivity contribution < 1.29 is 9.59 Å². The summed E-state index contributed by atoms with van der Waals surface area (Å²) < 4.78 is 0.873. The third-order valence-corrected chi connectivity index (χ3v) is 6.21. The third-order valence-electron chi connectivity index (χ3n) is 5.68. The van der Waals surface area contributed by atoms with E-state index in [-0.39, 0.29) is 17.9 Å². The van der Waals surface area contributed by atoms with Gasteiger partial charge in [0.25, 0.3) is 0 Å². The summed E-state index contributed by atoms with van der Waals surface area (Å²) in [5.41, 5.74) is 2.57. The monoisotopic (exact) mass is 419 g/mol. The molecular formula is C21H14BrN3O2. The number of carbonyl (C=O) groups is 2. The van der Waals surface area contributed by atoms with Crippen LogP contribution in [0.4, 0.5) is 5.69 Å². The fraction of sp³-hybridized carbons (Fsp3) is 0.190. The number of fused-ring (bicyclic) bond motifs is 5. The first-order valence-electron chi connectivity index (χ1n) is 8.69. The van der Waals surface area contributed by atoms with Crippen molar-refractivity contribution in [3.05, 3.63) is 70.3 Å². The molecular weight excluding hydrogens is 406 g/mol. The van der Waals surface area contributed by atoms with Crippen LogP contribution >= 0.6 is 15.9 Å². The molecule has 3 aliphatic rings. The zero-order chi connectivity index (χ0) is 18.7. The molecule has 2 aromatic rings. The lowest BCUT2D eigenvalue weighted by molar-refractivity contribution is -0.123. The molecule has 3 aliphatic heterocycles. The van der Waals surface area contributed by atoms with Gasteiger partial charge in [-0.1, -0.05) is 40.2 Å². The van der Waals surface area contributed by atoms with Gasteiger partial charge in [0.2, 0.25) is 11.8 Å². The molecule has 2 fully saturated rings. The van der Waals surface area contributed by atoms with Crippen LogP contribution in [0.5, 0.6) is 0 Å². The Morgan fingerprint density at radius 3 is 2.41 bits per heavy atom. The maximum Gasteiger partial charge on any atom is 0.240 e. The average molecular weight is 420 g/mol. The van der Waals surface area contributed by atoms with Gasteiger partial charge in [-0.15, -0.1) is 0 Å². The first kappa shape index (κ1) is 16.3. The summed E-state index contributed by atoms with van der Waals surface area (Å²) in [6, 6.07) is 16.3. The van der Waals surface area contributed by atoms with Crippen molar-refractivity contribution in [1.82, 2.24) is 4.90 Å². The highest BCUT2D eigenvalue weighted by molar-refractivity contribution is 9.10. The molecule has 0 bridgehead atoms. The maximum atomic E-state index is 13.3. The number of hydrogen-bond acceptors (Lipinski definition) is 4. The van der Waals surface area contributed by atoms with Gasteiger partial charge < -0.3 is 4.90 Å². The lowest BCUT2D eigenvalue weighted by Gasteiger charge is -2.33. The molecule has 0 aromatic heterocycles. The van der Waals surface area contributed by atoms with Gasteiger partial charge in [0.15, 0.2) is 0 Å². The van der Waals surface area contributed by atoms with Gasteiger partial charge in [-0.05, 0) is 41.5 Å². The van der Waals surface area contributed by atoms with Crippen LogP contribution in [0.3, 0.4) is 0 Å². The first-order chi connectivity index (χ1) is 13.1. The van der Waals surface area contributed by atoms with Gasteiger partial charge in [0, 0.05) is 10.7 Å². The molecule has 2 saturated heterocycles. The number of halogens is 1. The fourth-order valence-corrected chi connectivity index (χ4v) is 4.81. The van der Waals surface area contributed by atoms with Crippen LogP contribution in [0.1, 0.15) is 17.2 Å². The summed E-state index contributed by atoms with van der Waals surface area (Å²) in [5.74, 6) is -1.74. The topological polar surface area (TPSA) is 64.4 Å². The van der Waals surface area contributed by atoms with Crippen molar-refractivity contribution in [3.8, 4) is 6.07 Å². The number of carbonyl (C=O) groups excluding carboxylic acids is 2. The molecule has 0 aliphatic carbocycles. The van der Waals surface area contributed by atoms with Crippen molar-refractivity contribution in [2.75, 3.05) is 4.90 Å². The minimum absolute atomic E-state index is 0.231. The molecule has 0 N–H and O–H groups in total. The minimum atomic E-state index is -0.660. The Kier molecular flexibility index (Phi) is 3.49. The quantitative estimate of drug-likeness (QED) is 0.663. The standard InChI is InChI=1S/C21H14BrN3O2/c22-13-5-7-14(8-6-13)25-20(26)17-16(11-23)24-10-9-12-3-1-2-4-15(12)19(24)18(17)21(25)27/h1-10,16-19H/t16-,17+,18+,19?/m1/s1. The van der Waals surface area contributed by atoms with Crippen LogP contribution < -0.4 is 4.90 Å². The fourth-order valence-electron chi connectivity index (χ4n) is 4.55. The molecule has 3 heterocycles. The van der Waals surface area contributed by atoms with Crippen LogP contribution in [0, 0.1) is 23.2 Å². The van der Waals surface area contributed by atoms with E-state index in [0.717, 1.165) is 15.6 Å². The highest BCUT2D eigenvalue weighted by Crippen LogP contribution is 2.52. The summed E-state index contributed by atoms with van der Waals surface area (Å²) in [5, 5.41) is 9.78. The van der Waals surface area contributed by atoms with Crippen LogP contribution in [-0.2, 0) is 9.59 Å². The molecule has 0 spiro atoms. The number of nitrogens with zero attached hydrogens (tertiary/aromatic N) is 3. The second-order valence-electron chi connectivity index (χ2n) is 6.95. The molecule has 2 aromatic carbocycles. The van der Waals surface area contributed by atoms with E-state index in [4.69, 9.17) is 0 Å². The number of anilines is 1. The van der Waals surface area contributed by atoms with E-state index in [1.54, 1.807) is 24.3 Å². The summed E-state index contributed by atoms with van der Waals surface area (Å²) in [4.78, 5) is 29.7. The number of rotatable bonds is 1. The van der Waals surface area contributed by atoms with Crippen molar-refractivity contribution in [2.24, 2.45) is 11.8 Å². The first-order valence-corrected chi connectivity index (χ1v) is 9.48. The van der Waals surface area contributed by atoms with Gasteiger partial charge in [-0.2, -0.15) is 5.26 Å². The van der Waals surface area contributed by atoms with Crippen LogP contribution in [-0.4, -0.2) is 22.8 Å². The molecule has 132 valence electrons. The van der Waals surface area contributed by atoms with E-state index >= 15 is 0 Å².